The Hall–Kier alpha value is -2.99. The normalized spacial score (nSPS) is 17.2. The largest absolute Gasteiger partial charge is 0.390 e. The first kappa shape index (κ1) is 20.9. The van der Waals surface area contributed by atoms with Gasteiger partial charge in [-0.15, -0.1) is 0 Å². The van der Waals surface area contributed by atoms with Crippen molar-refractivity contribution < 1.29 is 9.90 Å². The standard InChI is InChI=1S/C26H30N4O2/c1-17-10-21(20-12-27-30(14-20)16-26(2)8-4-5-9-26)24(28-23(17)15-31)18-6-7-19-13-29(3)25(32)22(19)11-18/h6-7,10-12,14,31H,4-5,8-9,13,15-16H2,1-3H3. The summed E-state index contributed by atoms with van der Waals surface area (Å²) in [5, 5.41) is 14.5. The summed E-state index contributed by atoms with van der Waals surface area (Å²) in [5.74, 6) is 0.0375. The molecule has 1 N–H and O–H groups in total. The second-order valence-corrected chi connectivity index (χ2v) is 9.78. The lowest BCUT2D eigenvalue weighted by molar-refractivity contribution is 0.0816. The van der Waals surface area contributed by atoms with Crippen molar-refractivity contribution in [1.82, 2.24) is 19.7 Å². The summed E-state index contributed by atoms with van der Waals surface area (Å²) in [4.78, 5) is 19.1. The summed E-state index contributed by atoms with van der Waals surface area (Å²) in [6, 6.07) is 8.05. The van der Waals surface area contributed by atoms with Crippen molar-refractivity contribution >= 4 is 5.91 Å². The van der Waals surface area contributed by atoms with Crippen molar-refractivity contribution in [1.29, 1.82) is 0 Å². The fraction of sp³-hybridized carbons (Fsp3) is 0.423. The molecule has 6 nitrogen and oxygen atoms in total. The predicted octanol–water partition coefficient (Wildman–Crippen LogP) is 4.58. The van der Waals surface area contributed by atoms with Gasteiger partial charge in [-0.3, -0.25) is 9.48 Å². The molecule has 3 heterocycles. The molecular formula is C26H30N4O2. The van der Waals surface area contributed by atoms with E-state index in [9.17, 15) is 9.90 Å². The van der Waals surface area contributed by atoms with Crippen molar-refractivity contribution in [2.45, 2.75) is 59.2 Å². The van der Waals surface area contributed by atoms with Crippen LogP contribution in [0.3, 0.4) is 0 Å². The first-order chi connectivity index (χ1) is 15.4. The zero-order valence-corrected chi connectivity index (χ0v) is 19.1. The number of aromatic nitrogens is 3. The zero-order valence-electron chi connectivity index (χ0n) is 19.1. The van der Waals surface area contributed by atoms with Crippen LogP contribution in [0.4, 0.5) is 0 Å². The van der Waals surface area contributed by atoms with Gasteiger partial charge in [0, 0.05) is 48.6 Å². The van der Waals surface area contributed by atoms with Crippen LogP contribution < -0.4 is 0 Å². The van der Waals surface area contributed by atoms with E-state index in [1.165, 1.54) is 25.7 Å². The van der Waals surface area contributed by atoms with Gasteiger partial charge in [0.15, 0.2) is 0 Å². The Bertz CT molecular complexity index is 1190. The van der Waals surface area contributed by atoms with Crippen molar-refractivity contribution in [3.05, 3.63) is 59.0 Å². The molecule has 6 heteroatoms. The van der Waals surface area contributed by atoms with E-state index in [-0.39, 0.29) is 12.5 Å². The van der Waals surface area contributed by atoms with Gasteiger partial charge in [0.05, 0.1) is 24.2 Å². The number of rotatable bonds is 5. The molecule has 0 unspecified atom stereocenters. The molecule has 5 rings (SSSR count). The highest BCUT2D eigenvalue weighted by Crippen LogP contribution is 2.39. The Labute approximate surface area is 188 Å². The number of carbonyl (C=O) groups excluding carboxylic acids is 1. The monoisotopic (exact) mass is 430 g/mol. The van der Waals surface area contributed by atoms with Crippen molar-refractivity contribution in [3.63, 3.8) is 0 Å². The lowest BCUT2D eigenvalue weighted by Gasteiger charge is -2.23. The van der Waals surface area contributed by atoms with E-state index in [1.807, 2.05) is 38.4 Å². The fourth-order valence-corrected chi connectivity index (χ4v) is 5.21. The van der Waals surface area contributed by atoms with Gasteiger partial charge in [0.25, 0.3) is 5.91 Å². The summed E-state index contributed by atoms with van der Waals surface area (Å²) >= 11 is 0. The van der Waals surface area contributed by atoms with Crippen LogP contribution in [0.5, 0.6) is 0 Å². The average Bonchev–Trinajstić information content (AvgIpc) is 3.48. The number of fused-ring (bicyclic) bond motifs is 1. The van der Waals surface area contributed by atoms with E-state index in [4.69, 9.17) is 4.98 Å². The summed E-state index contributed by atoms with van der Waals surface area (Å²) in [7, 11) is 1.82. The SMILES string of the molecule is Cc1cc(-c2cnn(CC3(C)CCCC3)c2)c(-c2ccc3c(c2)C(=O)N(C)C3)nc1CO. The van der Waals surface area contributed by atoms with Gasteiger partial charge in [-0.2, -0.15) is 5.10 Å². The maximum Gasteiger partial charge on any atom is 0.254 e. The van der Waals surface area contributed by atoms with E-state index >= 15 is 0 Å². The minimum Gasteiger partial charge on any atom is -0.390 e. The number of benzene rings is 1. The molecule has 166 valence electrons. The third-order valence-corrected chi connectivity index (χ3v) is 7.13. The number of aliphatic hydroxyl groups excluding tert-OH is 1. The molecule has 2 aliphatic rings. The number of nitrogens with zero attached hydrogens (tertiary/aromatic N) is 4. The van der Waals surface area contributed by atoms with Crippen LogP contribution in [0, 0.1) is 12.3 Å². The summed E-state index contributed by atoms with van der Waals surface area (Å²) in [6.07, 6.45) is 9.10. The molecule has 0 radical (unpaired) electrons. The minimum atomic E-state index is -0.122. The van der Waals surface area contributed by atoms with Gasteiger partial charge in [-0.1, -0.05) is 31.9 Å². The van der Waals surface area contributed by atoms with E-state index in [0.717, 1.165) is 45.6 Å². The Balaban J connectivity index is 1.57. The highest BCUT2D eigenvalue weighted by molar-refractivity contribution is 5.99. The van der Waals surface area contributed by atoms with E-state index in [2.05, 4.69) is 29.0 Å². The molecular weight excluding hydrogens is 400 g/mol. The maximum atomic E-state index is 12.6. The highest BCUT2D eigenvalue weighted by atomic mass is 16.3. The molecule has 1 aliphatic carbocycles. The lowest BCUT2D eigenvalue weighted by atomic mass is 9.89. The third-order valence-electron chi connectivity index (χ3n) is 7.13. The molecule has 0 atom stereocenters. The number of hydrogen-bond acceptors (Lipinski definition) is 4. The number of amides is 1. The lowest BCUT2D eigenvalue weighted by Crippen LogP contribution is -2.19. The van der Waals surface area contributed by atoms with Gasteiger partial charge in [-0.25, -0.2) is 4.98 Å². The van der Waals surface area contributed by atoms with Gasteiger partial charge in [0.2, 0.25) is 0 Å². The molecule has 0 spiro atoms. The zero-order chi connectivity index (χ0) is 22.5. The van der Waals surface area contributed by atoms with Gasteiger partial charge in [0.1, 0.15) is 0 Å². The number of carbonyl (C=O) groups is 1. The van der Waals surface area contributed by atoms with Gasteiger partial charge < -0.3 is 10.0 Å². The van der Waals surface area contributed by atoms with Gasteiger partial charge in [-0.05, 0) is 48.4 Å². The topological polar surface area (TPSA) is 71.2 Å². The maximum absolute atomic E-state index is 12.6. The first-order valence-corrected chi connectivity index (χ1v) is 11.4. The molecule has 0 bridgehead atoms. The second kappa shape index (κ2) is 7.85. The van der Waals surface area contributed by atoms with Crippen LogP contribution in [0.25, 0.3) is 22.4 Å². The third kappa shape index (κ3) is 3.62. The molecule has 32 heavy (non-hydrogen) atoms. The van der Waals surface area contributed by atoms with Gasteiger partial charge >= 0.3 is 0 Å². The summed E-state index contributed by atoms with van der Waals surface area (Å²) in [6.45, 7) is 5.76. The molecule has 2 aromatic heterocycles. The van der Waals surface area contributed by atoms with Crippen LogP contribution in [0.15, 0.2) is 36.7 Å². The second-order valence-electron chi connectivity index (χ2n) is 9.78. The smallest absolute Gasteiger partial charge is 0.254 e. The Morgan fingerprint density at radius 1 is 1.12 bits per heavy atom. The van der Waals surface area contributed by atoms with Crippen molar-refractivity contribution in [2.24, 2.45) is 5.41 Å². The molecule has 1 aromatic carbocycles. The van der Waals surface area contributed by atoms with Crippen LogP contribution >= 0.6 is 0 Å². The number of aliphatic hydroxyl groups is 1. The summed E-state index contributed by atoms with van der Waals surface area (Å²) < 4.78 is 2.06. The minimum absolute atomic E-state index is 0.0375. The van der Waals surface area contributed by atoms with Crippen LogP contribution in [0.1, 0.15) is 59.8 Å². The van der Waals surface area contributed by atoms with Crippen molar-refractivity contribution in [2.75, 3.05) is 7.05 Å². The molecule has 3 aromatic rings. The predicted molar refractivity (Wildman–Crippen MR) is 124 cm³/mol. The fourth-order valence-electron chi connectivity index (χ4n) is 5.21. The van der Waals surface area contributed by atoms with E-state index in [0.29, 0.717) is 17.7 Å². The number of hydrogen-bond donors (Lipinski definition) is 1. The van der Waals surface area contributed by atoms with Crippen molar-refractivity contribution in [3.8, 4) is 22.4 Å². The Morgan fingerprint density at radius 2 is 1.91 bits per heavy atom. The molecule has 1 amide bonds. The molecule has 1 aliphatic heterocycles. The average molecular weight is 431 g/mol. The Morgan fingerprint density at radius 3 is 2.66 bits per heavy atom. The quantitative estimate of drug-likeness (QED) is 0.643. The molecule has 1 saturated carbocycles. The van der Waals surface area contributed by atoms with Crippen LogP contribution in [-0.4, -0.2) is 37.7 Å². The Kier molecular flexibility index (Phi) is 5.13. The molecule has 0 saturated heterocycles. The van der Waals surface area contributed by atoms with E-state index in [1.54, 1.807) is 4.90 Å². The first-order valence-electron chi connectivity index (χ1n) is 11.4. The number of aryl methyl sites for hydroxylation is 1. The highest BCUT2D eigenvalue weighted by Gasteiger charge is 2.30. The molecule has 1 fully saturated rings. The van der Waals surface area contributed by atoms with Crippen LogP contribution in [-0.2, 0) is 19.7 Å². The number of pyridine rings is 1. The summed E-state index contributed by atoms with van der Waals surface area (Å²) in [5.41, 5.74) is 7.31. The van der Waals surface area contributed by atoms with Crippen LogP contribution in [0.2, 0.25) is 0 Å². The van der Waals surface area contributed by atoms with E-state index < -0.39 is 0 Å².